The first-order valence-corrected chi connectivity index (χ1v) is 4.58. The fourth-order valence-corrected chi connectivity index (χ4v) is 1.46. The number of rotatable bonds is 4. The fraction of sp³-hybridized carbons (Fsp3) is 0.400. The molecule has 0 spiro atoms. The molecule has 0 radical (unpaired) electrons. The van der Waals surface area contributed by atoms with E-state index in [9.17, 15) is 8.78 Å². The Balaban J connectivity index is 2.41. The maximum atomic E-state index is 11.9. The van der Waals surface area contributed by atoms with Crippen molar-refractivity contribution < 1.29 is 8.78 Å². The van der Waals surface area contributed by atoms with Gasteiger partial charge in [0.15, 0.2) is 0 Å². The Labute approximate surface area is 81.5 Å². The van der Waals surface area contributed by atoms with Crippen molar-refractivity contribution in [2.45, 2.75) is 24.6 Å². The molecule has 0 nitrogen and oxygen atoms in total. The quantitative estimate of drug-likeness (QED) is 0.659. The molecule has 0 heterocycles. The molecule has 0 aliphatic rings. The summed E-state index contributed by atoms with van der Waals surface area (Å²) in [5.74, 6) is 0. The predicted octanol–water partition coefficient (Wildman–Crippen LogP) is 3.49. The Morgan fingerprint density at radius 1 is 1.15 bits per heavy atom. The summed E-state index contributed by atoms with van der Waals surface area (Å²) in [5.41, 5.74) is 1.00. The first-order chi connectivity index (χ1) is 6.18. The zero-order valence-corrected chi connectivity index (χ0v) is 7.85. The van der Waals surface area contributed by atoms with E-state index in [4.69, 9.17) is 11.6 Å². The van der Waals surface area contributed by atoms with Crippen LogP contribution in [0.1, 0.15) is 12.0 Å². The van der Waals surface area contributed by atoms with E-state index in [-0.39, 0.29) is 6.42 Å². The summed E-state index contributed by atoms with van der Waals surface area (Å²) < 4.78 is 23.8. The van der Waals surface area contributed by atoms with Crippen molar-refractivity contribution in [2.24, 2.45) is 0 Å². The molecule has 1 aromatic carbocycles. The average molecular weight is 205 g/mol. The summed E-state index contributed by atoms with van der Waals surface area (Å²) in [5, 5.41) is -0.470. The summed E-state index contributed by atoms with van der Waals surface area (Å²) in [6.07, 6.45) is -2.05. The lowest BCUT2D eigenvalue weighted by Crippen LogP contribution is -2.08. The van der Waals surface area contributed by atoms with Crippen LogP contribution >= 0.6 is 11.6 Å². The zero-order chi connectivity index (χ0) is 9.68. The molecule has 1 atom stereocenters. The summed E-state index contributed by atoms with van der Waals surface area (Å²) in [6, 6.07) is 9.42. The lowest BCUT2D eigenvalue weighted by Gasteiger charge is -2.07. The summed E-state index contributed by atoms with van der Waals surface area (Å²) in [6.45, 7) is 0. The van der Waals surface area contributed by atoms with E-state index >= 15 is 0 Å². The summed E-state index contributed by atoms with van der Waals surface area (Å²) in [4.78, 5) is 0. The lowest BCUT2D eigenvalue weighted by molar-refractivity contribution is 0.136. The van der Waals surface area contributed by atoms with Crippen LogP contribution in [0.15, 0.2) is 30.3 Å². The molecule has 1 rings (SSSR count). The molecular formula is C10H11ClF2. The maximum absolute atomic E-state index is 11.9. The van der Waals surface area contributed by atoms with E-state index < -0.39 is 11.8 Å². The second kappa shape index (κ2) is 5.18. The van der Waals surface area contributed by atoms with Gasteiger partial charge in [0.2, 0.25) is 6.43 Å². The minimum Gasteiger partial charge on any atom is -0.210 e. The highest BCUT2D eigenvalue weighted by atomic mass is 35.5. The molecule has 0 aromatic heterocycles. The number of hydrogen-bond acceptors (Lipinski definition) is 0. The molecule has 0 saturated heterocycles. The third-order valence-electron chi connectivity index (χ3n) is 1.73. The summed E-state index contributed by atoms with van der Waals surface area (Å²) >= 11 is 5.73. The van der Waals surface area contributed by atoms with Crippen LogP contribution in [0.3, 0.4) is 0 Å². The molecule has 72 valence electrons. The molecule has 3 heteroatoms. The highest BCUT2D eigenvalue weighted by Crippen LogP contribution is 2.15. The number of hydrogen-bond donors (Lipinski definition) is 0. The van der Waals surface area contributed by atoms with Gasteiger partial charge in [-0.15, -0.1) is 11.6 Å². The highest BCUT2D eigenvalue weighted by molar-refractivity contribution is 6.20. The van der Waals surface area contributed by atoms with Crippen molar-refractivity contribution in [3.05, 3.63) is 35.9 Å². The Bertz CT molecular complexity index is 236. The predicted molar refractivity (Wildman–Crippen MR) is 50.4 cm³/mol. The average Bonchev–Trinajstić information content (AvgIpc) is 2.04. The maximum Gasteiger partial charge on any atom is 0.240 e. The van der Waals surface area contributed by atoms with E-state index in [1.807, 2.05) is 30.3 Å². The van der Waals surface area contributed by atoms with Crippen molar-refractivity contribution in [1.82, 2.24) is 0 Å². The van der Waals surface area contributed by atoms with Gasteiger partial charge >= 0.3 is 0 Å². The fourth-order valence-electron chi connectivity index (χ4n) is 1.15. The Kier molecular flexibility index (Phi) is 4.16. The molecule has 0 saturated carbocycles. The first-order valence-electron chi connectivity index (χ1n) is 4.14. The topological polar surface area (TPSA) is 0 Å². The van der Waals surface area contributed by atoms with Gasteiger partial charge in [-0.3, -0.25) is 0 Å². The smallest absolute Gasteiger partial charge is 0.210 e. The van der Waals surface area contributed by atoms with Gasteiger partial charge < -0.3 is 0 Å². The monoisotopic (exact) mass is 204 g/mol. The molecule has 1 unspecified atom stereocenters. The van der Waals surface area contributed by atoms with Crippen LogP contribution in [-0.2, 0) is 6.42 Å². The minimum atomic E-state index is -2.31. The number of halogens is 3. The van der Waals surface area contributed by atoms with Crippen LogP contribution in [-0.4, -0.2) is 11.8 Å². The standard InChI is InChI=1S/C10H11ClF2/c11-9(7-10(12)13)6-8-4-2-1-3-5-8/h1-5,9-10H,6-7H2. The molecule has 0 bridgehead atoms. The van der Waals surface area contributed by atoms with Gasteiger partial charge in [-0.25, -0.2) is 8.78 Å². The molecule has 0 aliphatic carbocycles. The second-order valence-electron chi connectivity index (χ2n) is 2.91. The number of benzene rings is 1. The third kappa shape index (κ3) is 4.23. The van der Waals surface area contributed by atoms with E-state index in [1.54, 1.807) is 0 Å². The van der Waals surface area contributed by atoms with Gasteiger partial charge in [0.25, 0.3) is 0 Å². The first kappa shape index (κ1) is 10.5. The number of alkyl halides is 3. The van der Waals surface area contributed by atoms with Crippen molar-refractivity contribution in [3.63, 3.8) is 0 Å². The van der Waals surface area contributed by atoms with Crippen LogP contribution in [0, 0.1) is 0 Å². The van der Waals surface area contributed by atoms with Gasteiger partial charge in [0, 0.05) is 11.8 Å². The van der Waals surface area contributed by atoms with Gasteiger partial charge in [0.05, 0.1) is 0 Å². The van der Waals surface area contributed by atoms with Gasteiger partial charge in [-0.2, -0.15) is 0 Å². The highest BCUT2D eigenvalue weighted by Gasteiger charge is 2.12. The van der Waals surface area contributed by atoms with Gasteiger partial charge in [-0.05, 0) is 12.0 Å². The second-order valence-corrected chi connectivity index (χ2v) is 3.53. The minimum absolute atomic E-state index is 0.240. The SMILES string of the molecule is FC(F)CC(Cl)Cc1ccccc1. The largest absolute Gasteiger partial charge is 0.240 e. The molecule has 0 amide bonds. The van der Waals surface area contributed by atoms with E-state index in [1.165, 1.54) is 0 Å². The van der Waals surface area contributed by atoms with Gasteiger partial charge in [0.1, 0.15) is 0 Å². The molecule has 0 N–H and O–H groups in total. The lowest BCUT2D eigenvalue weighted by atomic mass is 10.1. The van der Waals surface area contributed by atoms with Crippen LogP contribution in [0.2, 0.25) is 0 Å². The van der Waals surface area contributed by atoms with Crippen LogP contribution in [0.4, 0.5) is 8.78 Å². The third-order valence-corrected chi connectivity index (χ3v) is 2.07. The molecule has 0 fully saturated rings. The van der Waals surface area contributed by atoms with Crippen molar-refractivity contribution in [2.75, 3.05) is 0 Å². The van der Waals surface area contributed by atoms with Crippen LogP contribution in [0.25, 0.3) is 0 Å². The van der Waals surface area contributed by atoms with E-state index in [0.717, 1.165) is 5.56 Å². The van der Waals surface area contributed by atoms with Crippen molar-refractivity contribution in [3.8, 4) is 0 Å². The molecule has 0 aliphatic heterocycles. The Morgan fingerprint density at radius 3 is 2.31 bits per heavy atom. The van der Waals surface area contributed by atoms with Crippen LogP contribution in [0.5, 0.6) is 0 Å². The van der Waals surface area contributed by atoms with E-state index in [2.05, 4.69) is 0 Å². The molecular weight excluding hydrogens is 194 g/mol. The van der Waals surface area contributed by atoms with Gasteiger partial charge in [-0.1, -0.05) is 30.3 Å². The molecule has 1 aromatic rings. The Morgan fingerprint density at radius 2 is 1.77 bits per heavy atom. The Hall–Kier alpha value is -0.630. The zero-order valence-electron chi connectivity index (χ0n) is 7.09. The van der Waals surface area contributed by atoms with Crippen LogP contribution < -0.4 is 0 Å². The molecule has 13 heavy (non-hydrogen) atoms. The normalized spacial score (nSPS) is 13.2. The van der Waals surface area contributed by atoms with E-state index in [0.29, 0.717) is 6.42 Å². The van der Waals surface area contributed by atoms with Crippen molar-refractivity contribution in [1.29, 1.82) is 0 Å². The van der Waals surface area contributed by atoms with Crippen molar-refractivity contribution >= 4 is 11.6 Å². The summed E-state index contributed by atoms with van der Waals surface area (Å²) in [7, 11) is 0.